The third kappa shape index (κ3) is 61.2. The molecule has 2 unspecified atom stereocenters. The van der Waals surface area contributed by atoms with Crippen LogP contribution in [0.2, 0.25) is 0 Å². The molecule has 6 nitrogen and oxygen atoms in total. The number of unbranched alkanes of at least 4 members (excludes halogenated alkanes) is 48. The number of carbonyl (C=O) groups excluding carboxylic acids is 2. The molecular formula is C69H131NO5. The Labute approximate surface area is 468 Å². The zero-order chi connectivity index (χ0) is 54.3. The lowest BCUT2D eigenvalue weighted by atomic mass is 10.0. The summed E-state index contributed by atoms with van der Waals surface area (Å²) in [5.74, 6) is -0.0675. The van der Waals surface area contributed by atoms with Crippen LogP contribution in [0.5, 0.6) is 0 Å². The highest BCUT2D eigenvalue weighted by molar-refractivity contribution is 5.76. The fourth-order valence-corrected chi connectivity index (χ4v) is 10.5. The summed E-state index contributed by atoms with van der Waals surface area (Å²) in [5, 5.41) is 23.2. The van der Waals surface area contributed by atoms with Crippen molar-refractivity contribution >= 4 is 11.9 Å². The molecular weight excluding hydrogens is 923 g/mol. The van der Waals surface area contributed by atoms with Crippen molar-refractivity contribution in [3.05, 3.63) is 36.5 Å². The number of allylic oxidation sites excluding steroid dienone is 5. The number of rotatable bonds is 63. The predicted molar refractivity (Wildman–Crippen MR) is 329 cm³/mol. The van der Waals surface area contributed by atoms with Gasteiger partial charge in [0.15, 0.2) is 0 Å². The van der Waals surface area contributed by atoms with E-state index in [1.54, 1.807) is 6.08 Å². The Bertz CT molecular complexity index is 1210. The minimum absolute atomic E-state index is 0.00756. The number of nitrogens with one attached hydrogen (secondary N) is 1. The van der Waals surface area contributed by atoms with Gasteiger partial charge in [-0.1, -0.05) is 326 Å². The standard InChI is InChI=1S/C69H131NO5/c1-3-5-7-9-11-13-15-17-18-19-20-21-23-26-29-32-35-38-41-45-49-53-57-61-67(72)66(65-71)70-68(73)62-58-54-50-46-42-39-36-33-30-27-24-22-25-28-31-34-37-40-44-48-52-56-60-64-75-69(74)63-59-55-51-47-43-16-14-12-10-8-6-4-2/h22,25,27,30,57,61,66-67,71-72H,3-21,23-24,26,28-29,31-56,58-60,62-65H2,1-2H3,(H,70,73)/b25-22-,30-27-,61-57+. The van der Waals surface area contributed by atoms with E-state index in [0.717, 1.165) is 57.8 Å². The van der Waals surface area contributed by atoms with Crippen LogP contribution in [-0.2, 0) is 14.3 Å². The molecule has 442 valence electrons. The molecule has 0 aromatic heterocycles. The molecule has 3 N–H and O–H groups in total. The lowest BCUT2D eigenvalue weighted by Crippen LogP contribution is -2.45. The van der Waals surface area contributed by atoms with Gasteiger partial charge in [0, 0.05) is 12.8 Å². The zero-order valence-corrected chi connectivity index (χ0v) is 50.5. The van der Waals surface area contributed by atoms with Crippen LogP contribution in [0.4, 0.5) is 0 Å². The number of carbonyl (C=O) groups is 2. The SMILES string of the molecule is CCCCCCCCCCCCCCCCCCCCCCC/C=C/C(O)C(CO)NC(=O)CCCCCCCCC/C=C\C/C=C\CCCCCCCCCCCOC(=O)CCCCCCCCCCCCCC. The summed E-state index contributed by atoms with van der Waals surface area (Å²) in [6.07, 6.45) is 82.0. The van der Waals surface area contributed by atoms with Gasteiger partial charge in [-0.3, -0.25) is 9.59 Å². The molecule has 0 fully saturated rings. The highest BCUT2D eigenvalue weighted by Crippen LogP contribution is 2.18. The van der Waals surface area contributed by atoms with Crippen LogP contribution in [-0.4, -0.2) is 47.4 Å². The molecule has 0 aromatic carbocycles. The van der Waals surface area contributed by atoms with E-state index in [2.05, 4.69) is 43.5 Å². The third-order valence-corrected chi connectivity index (χ3v) is 15.7. The molecule has 0 saturated carbocycles. The molecule has 0 aromatic rings. The Balaban J connectivity index is 3.48. The van der Waals surface area contributed by atoms with Crippen molar-refractivity contribution in [3.8, 4) is 0 Å². The fourth-order valence-electron chi connectivity index (χ4n) is 10.5. The average molecular weight is 1050 g/mol. The van der Waals surface area contributed by atoms with Crippen molar-refractivity contribution in [2.75, 3.05) is 13.2 Å². The van der Waals surface area contributed by atoms with Crippen LogP contribution in [0, 0.1) is 0 Å². The molecule has 0 heterocycles. The average Bonchev–Trinajstić information content (AvgIpc) is 3.41. The monoisotopic (exact) mass is 1050 g/mol. The Morgan fingerprint density at radius 2 is 0.667 bits per heavy atom. The van der Waals surface area contributed by atoms with Crippen LogP contribution in [0.25, 0.3) is 0 Å². The lowest BCUT2D eigenvalue weighted by Gasteiger charge is -2.20. The maximum Gasteiger partial charge on any atom is 0.305 e. The van der Waals surface area contributed by atoms with Crippen LogP contribution >= 0.6 is 0 Å². The van der Waals surface area contributed by atoms with Gasteiger partial charge in [-0.25, -0.2) is 0 Å². The molecule has 0 saturated heterocycles. The molecule has 75 heavy (non-hydrogen) atoms. The van der Waals surface area contributed by atoms with Gasteiger partial charge in [0.25, 0.3) is 0 Å². The van der Waals surface area contributed by atoms with Crippen molar-refractivity contribution in [1.82, 2.24) is 5.32 Å². The second-order valence-corrected chi connectivity index (χ2v) is 23.2. The van der Waals surface area contributed by atoms with Crippen LogP contribution in [0.3, 0.4) is 0 Å². The molecule has 0 rings (SSSR count). The first-order valence-corrected chi connectivity index (χ1v) is 33.8. The van der Waals surface area contributed by atoms with E-state index < -0.39 is 12.1 Å². The van der Waals surface area contributed by atoms with Gasteiger partial charge < -0.3 is 20.3 Å². The Morgan fingerprint density at radius 3 is 1.01 bits per heavy atom. The van der Waals surface area contributed by atoms with Crippen molar-refractivity contribution < 1.29 is 24.5 Å². The third-order valence-electron chi connectivity index (χ3n) is 15.7. The lowest BCUT2D eigenvalue weighted by molar-refractivity contribution is -0.143. The highest BCUT2D eigenvalue weighted by Gasteiger charge is 2.18. The second-order valence-electron chi connectivity index (χ2n) is 23.2. The summed E-state index contributed by atoms with van der Waals surface area (Å²) in [5.41, 5.74) is 0. The molecule has 0 aliphatic heterocycles. The van der Waals surface area contributed by atoms with E-state index in [0.29, 0.717) is 19.4 Å². The van der Waals surface area contributed by atoms with Crippen LogP contribution in [0.1, 0.15) is 367 Å². The largest absolute Gasteiger partial charge is 0.466 e. The highest BCUT2D eigenvalue weighted by atomic mass is 16.5. The van der Waals surface area contributed by atoms with Gasteiger partial charge in [-0.05, 0) is 64.2 Å². The van der Waals surface area contributed by atoms with E-state index in [-0.39, 0.29) is 18.5 Å². The summed E-state index contributed by atoms with van der Waals surface area (Å²) in [6, 6.07) is -0.637. The number of aliphatic hydroxyl groups excluding tert-OH is 2. The van der Waals surface area contributed by atoms with Crippen molar-refractivity contribution in [2.45, 2.75) is 379 Å². The molecule has 0 bridgehead atoms. The van der Waals surface area contributed by atoms with E-state index in [9.17, 15) is 19.8 Å². The van der Waals surface area contributed by atoms with E-state index in [4.69, 9.17) is 4.74 Å². The number of aliphatic hydroxyl groups is 2. The number of ether oxygens (including phenoxy) is 1. The molecule has 0 aliphatic carbocycles. The van der Waals surface area contributed by atoms with Crippen molar-refractivity contribution in [2.24, 2.45) is 0 Å². The summed E-state index contributed by atoms with van der Waals surface area (Å²) in [4.78, 5) is 24.5. The number of esters is 1. The number of amides is 1. The molecule has 6 heteroatoms. The first kappa shape index (κ1) is 73.1. The zero-order valence-electron chi connectivity index (χ0n) is 50.5. The first-order chi connectivity index (χ1) is 37.0. The minimum Gasteiger partial charge on any atom is -0.466 e. The Kier molecular flexibility index (Phi) is 63.0. The molecule has 2 atom stereocenters. The van der Waals surface area contributed by atoms with E-state index >= 15 is 0 Å². The van der Waals surface area contributed by atoms with E-state index in [1.807, 2.05) is 6.08 Å². The summed E-state index contributed by atoms with van der Waals surface area (Å²) < 4.78 is 5.47. The van der Waals surface area contributed by atoms with Crippen molar-refractivity contribution in [3.63, 3.8) is 0 Å². The smallest absolute Gasteiger partial charge is 0.305 e. The fraction of sp³-hybridized carbons (Fsp3) is 0.884. The van der Waals surface area contributed by atoms with E-state index in [1.165, 1.54) is 283 Å². The number of hydrogen-bond acceptors (Lipinski definition) is 5. The van der Waals surface area contributed by atoms with Gasteiger partial charge in [0.1, 0.15) is 0 Å². The maximum atomic E-state index is 12.5. The first-order valence-electron chi connectivity index (χ1n) is 33.8. The minimum atomic E-state index is -0.853. The van der Waals surface area contributed by atoms with Crippen LogP contribution < -0.4 is 5.32 Å². The van der Waals surface area contributed by atoms with Crippen molar-refractivity contribution in [1.29, 1.82) is 0 Å². The summed E-state index contributed by atoms with van der Waals surface area (Å²) in [6.45, 7) is 4.92. The Morgan fingerprint density at radius 1 is 0.373 bits per heavy atom. The quantitative estimate of drug-likeness (QED) is 0.0320. The van der Waals surface area contributed by atoms with Crippen LogP contribution in [0.15, 0.2) is 36.5 Å². The molecule has 0 aliphatic rings. The number of hydrogen-bond donors (Lipinski definition) is 3. The van der Waals surface area contributed by atoms with Gasteiger partial charge in [0.2, 0.25) is 5.91 Å². The normalized spacial score (nSPS) is 12.7. The van der Waals surface area contributed by atoms with Gasteiger partial charge in [-0.15, -0.1) is 0 Å². The van der Waals surface area contributed by atoms with Gasteiger partial charge >= 0.3 is 5.97 Å². The molecule has 1 amide bonds. The molecule has 0 spiro atoms. The second kappa shape index (κ2) is 64.6. The van der Waals surface area contributed by atoms with Gasteiger partial charge in [0.05, 0.1) is 25.4 Å². The summed E-state index contributed by atoms with van der Waals surface area (Å²) >= 11 is 0. The topological polar surface area (TPSA) is 95.9 Å². The maximum absolute atomic E-state index is 12.5. The predicted octanol–water partition coefficient (Wildman–Crippen LogP) is 21.5. The molecule has 0 radical (unpaired) electrons. The Hall–Kier alpha value is -1.92. The van der Waals surface area contributed by atoms with Gasteiger partial charge in [-0.2, -0.15) is 0 Å². The summed E-state index contributed by atoms with van der Waals surface area (Å²) in [7, 11) is 0.